The van der Waals surface area contributed by atoms with E-state index in [-0.39, 0.29) is 40.6 Å². The van der Waals surface area contributed by atoms with Crippen molar-refractivity contribution in [1.82, 2.24) is 15.2 Å². The number of amidine groups is 1. The average Bonchev–Trinajstić information content (AvgIpc) is 2.90. The van der Waals surface area contributed by atoms with Gasteiger partial charge in [0.05, 0.1) is 0 Å². The second-order valence-electron chi connectivity index (χ2n) is 8.92. The maximum Gasteiger partial charge on any atom is 0.261 e. The summed E-state index contributed by atoms with van der Waals surface area (Å²) in [4.78, 5) is 17.6. The zero-order valence-corrected chi connectivity index (χ0v) is 20.8. The number of nitrogens with two attached hydrogens (primary N) is 1. The number of carbonyl (C=O) groups is 1. The number of aromatic hydroxyl groups is 1. The standard InChI is InChI=1S/C26H28F2N6O4/c1-34(2)26(36)15-4-3-5-17(12-15)37-24-20(27)22(32-16-8-10-31-11-9-16)21(28)25(33-24)38-19-13-14(23(29)30)6-7-18(19)35/h3-7,12-13,16,31,35H,8-11H2,1-2H3,(H3,29,30)(H,32,33). The average molecular weight is 527 g/mol. The van der Waals surface area contributed by atoms with E-state index >= 15 is 8.78 Å². The molecule has 3 aromatic rings. The van der Waals surface area contributed by atoms with Crippen molar-refractivity contribution in [3.8, 4) is 29.0 Å². The van der Waals surface area contributed by atoms with Crippen LogP contribution >= 0.6 is 0 Å². The van der Waals surface area contributed by atoms with Crippen LogP contribution in [0.3, 0.4) is 0 Å². The molecule has 1 fully saturated rings. The van der Waals surface area contributed by atoms with E-state index in [2.05, 4.69) is 15.6 Å². The lowest BCUT2D eigenvalue weighted by Gasteiger charge is -2.25. The number of nitrogens with one attached hydrogen (secondary N) is 3. The van der Waals surface area contributed by atoms with Crippen molar-refractivity contribution < 1.29 is 28.2 Å². The largest absolute Gasteiger partial charge is 0.504 e. The number of carbonyl (C=O) groups excluding carboxylic acids is 1. The molecule has 0 aliphatic carbocycles. The molecule has 4 rings (SSSR count). The van der Waals surface area contributed by atoms with E-state index in [0.717, 1.165) is 0 Å². The quantitative estimate of drug-likeness (QED) is 0.220. The first-order valence-electron chi connectivity index (χ1n) is 11.8. The molecule has 6 N–H and O–H groups in total. The summed E-state index contributed by atoms with van der Waals surface area (Å²) in [7, 11) is 3.19. The highest BCUT2D eigenvalue weighted by Crippen LogP contribution is 2.39. The molecular weight excluding hydrogens is 498 g/mol. The molecule has 1 aliphatic heterocycles. The molecule has 1 saturated heterocycles. The monoisotopic (exact) mass is 526 g/mol. The Bertz CT molecular complexity index is 1360. The predicted octanol–water partition coefficient (Wildman–Crippen LogP) is 3.80. The number of phenolic OH excluding ortho intramolecular Hbond substituents is 1. The second kappa shape index (κ2) is 11.3. The Hall–Kier alpha value is -4.45. The number of hydrogen-bond donors (Lipinski definition) is 5. The molecule has 10 nitrogen and oxygen atoms in total. The first kappa shape index (κ1) is 26.6. The molecule has 0 bridgehead atoms. The highest BCUT2D eigenvalue weighted by Gasteiger charge is 2.27. The maximum atomic E-state index is 15.6. The lowest BCUT2D eigenvalue weighted by atomic mass is 10.1. The Morgan fingerprint density at radius 1 is 1.11 bits per heavy atom. The number of hydrogen-bond acceptors (Lipinski definition) is 8. The number of phenols is 1. The van der Waals surface area contributed by atoms with Crippen molar-refractivity contribution in [3.05, 3.63) is 65.2 Å². The first-order valence-corrected chi connectivity index (χ1v) is 11.8. The number of nitrogens with zero attached hydrogens (tertiary/aromatic N) is 2. The first-order chi connectivity index (χ1) is 18.1. The van der Waals surface area contributed by atoms with E-state index in [1.807, 2.05) is 0 Å². The third-order valence-corrected chi connectivity index (χ3v) is 5.88. The van der Waals surface area contributed by atoms with Gasteiger partial charge in [0.15, 0.2) is 11.5 Å². The van der Waals surface area contributed by atoms with Crippen molar-refractivity contribution >= 4 is 17.4 Å². The van der Waals surface area contributed by atoms with Crippen LogP contribution in [0, 0.1) is 17.0 Å². The minimum Gasteiger partial charge on any atom is -0.504 e. The van der Waals surface area contributed by atoms with Crippen molar-refractivity contribution in [2.45, 2.75) is 18.9 Å². The number of piperidine rings is 1. The van der Waals surface area contributed by atoms with Crippen LogP contribution in [0.2, 0.25) is 0 Å². The smallest absolute Gasteiger partial charge is 0.261 e. The number of rotatable bonds is 8. The summed E-state index contributed by atoms with van der Waals surface area (Å²) in [6.45, 7) is 1.36. The van der Waals surface area contributed by atoms with Crippen molar-refractivity contribution in [3.63, 3.8) is 0 Å². The van der Waals surface area contributed by atoms with Gasteiger partial charge in [-0.05, 0) is 62.3 Å². The van der Waals surface area contributed by atoms with Crippen molar-refractivity contribution in [2.24, 2.45) is 5.73 Å². The van der Waals surface area contributed by atoms with Crippen LogP contribution in [0.25, 0.3) is 0 Å². The van der Waals surface area contributed by atoms with E-state index in [1.54, 1.807) is 26.2 Å². The third kappa shape index (κ3) is 5.92. The molecule has 12 heteroatoms. The number of nitrogen functional groups attached to an aromatic ring is 1. The number of ether oxygens (including phenoxy) is 2. The van der Waals surface area contributed by atoms with Gasteiger partial charge >= 0.3 is 0 Å². The minimum absolute atomic E-state index is 0.0934. The molecule has 1 aliphatic rings. The lowest BCUT2D eigenvalue weighted by molar-refractivity contribution is 0.0827. The van der Waals surface area contributed by atoms with Gasteiger partial charge in [0.2, 0.25) is 11.6 Å². The van der Waals surface area contributed by atoms with E-state index in [9.17, 15) is 9.90 Å². The van der Waals surface area contributed by atoms with Crippen molar-refractivity contribution in [1.29, 1.82) is 5.41 Å². The fourth-order valence-electron chi connectivity index (χ4n) is 3.86. The summed E-state index contributed by atoms with van der Waals surface area (Å²) in [5.41, 5.74) is 5.52. The lowest BCUT2D eigenvalue weighted by Crippen LogP contribution is -2.35. The van der Waals surface area contributed by atoms with Gasteiger partial charge in [-0.15, -0.1) is 0 Å². The van der Waals surface area contributed by atoms with E-state index in [0.29, 0.717) is 31.5 Å². The molecule has 0 unspecified atom stereocenters. The molecule has 0 radical (unpaired) electrons. The summed E-state index contributed by atoms with van der Waals surface area (Å²) in [6, 6.07) is 9.68. The van der Waals surface area contributed by atoms with Crippen LogP contribution < -0.4 is 25.8 Å². The van der Waals surface area contributed by atoms with Crippen LogP contribution in [-0.4, -0.2) is 60.0 Å². The van der Waals surface area contributed by atoms with Crippen LogP contribution in [0.4, 0.5) is 14.5 Å². The number of pyridine rings is 1. The zero-order chi connectivity index (χ0) is 27.4. The normalized spacial score (nSPS) is 13.6. The topological polar surface area (TPSA) is 146 Å². The summed E-state index contributed by atoms with van der Waals surface area (Å²) in [6.07, 6.45) is 1.26. The van der Waals surface area contributed by atoms with Gasteiger partial charge in [0, 0.05) is 31.3 Å². The van der Waals surface area contributed by atoms with Gasteiger partial charge in [-0.1, -0.05) is 6.07 Å². The second-order valence-corrected chi connectivity index (χ2v) is 8.92. The molecule has 0 spiro atoms. The van der Waals surface area contributed by atoms with Gasteiger partial charge in [-0.25, -0.2) is 0 Å². The van der Waals surface area contributed by atoms with Gasteiger partial charge < -0.3 is 35.8 Å². The van der Waals surface area contributed by atoms with Crippen molar-refractivity contribution in [2.75, 3.05) is 32.5 Å². The molecule has 2 aromatic carbocycles. The molecule has 38 heavy (non-hydrogen) atoms. The highest BCUT2D eigenvalue weighted by molar-refractivity contribution is 5.95. The number of amides is 1. The van der Waals surface area contributed by atoms with Gasteiger partial charge in [-0.2, -0.15) is 13.8 Å². The fourth-order valence-corrected chi connectivity index (χ4v) is 3.86. The highest BCUT2D eigenvalue weighted by atomic mass is 19.1. The molecule has 2 heterocycles. The Balaban J connectivity index is 1.75. The number of halogens is 2. The van der Waals surface area contributed by atoms with E-state index in [4.69, 9.17) is 20.6 Å². The summed E-state index contributed by atoms with van der Waals surface area (Å²) in [5.74, 6) is -4.59. The third-order valence-electron chi connectivity index (χ3n) is 5.88. The van der Waals surface area contributed by atoms with Crippen LogP contribution in [0.15, 0.2) is 42.5 Å². The Kier molecular flexibility index (Phi) is 7.91. The predicted molar refractivity (Wildman–Crippen MR) is 137 cm³/mol. The van der Waals surface area contributed by atoms with E-state index < -0.39 is 29.1 Å². The molecule has 1 aromatic heterocycles. The van der Waals surface area contributed by atoms with E-state index in [1.165, 1.54) is 35.2 Å². The molecular formula is C26H28F2N6O4. The minimum atomic E-state index is -1.13. The van der Waals surface area contributed by atoms with Crippen LogP contribution in [-0.2, 0) is 0 Å². The molecule has 200 valence electrons. The molecule has 0 saturated carbocycles. The van der Waals surface area contributed by atoms with Crippen LogP contribution in [0.5, 0.6) is 29.0 Å². The summed E-state index contributed by atoms with van der Waals surface area (Å²) < 4.78 is 42.4. The number of aromatic nitrogens is 1. The fraction of sp³-hybridized carbons (Fsp3) is 0.269. The maximum absolute atomic E-state index is 15.6. The Labute approximate surface area is 217 Å². The van der Waals surface area contributed by atoms with Crippen LogP contribution in [0.1, 0.15) is 28.8 Å². The van der Waals surface area contributed by atoms with Gasteiger partial charge in [-0.3, -0.25) is 10.2 Å². The zero-order valence-electron chi connectivity index (χ0n) is 20.8. The van der Waals surface area contributed by atoms with Gasteiger partial charge in [0.25, 0.3) is 17.7 Å². The summed E-state index contributed by atoms with van der Waals surface area (Å²) in [5, 5.41) is 23.9. The Morgan fingerprint density at radius 3 is 2.45 bits per heavy atom. The number of benzene rings is 2. The summed E-state index contributed by atoms with van der Waals surface area (Å²) >= 11 is 0. The Morgan fingerprint density at radius 2 is 1.79 bits per heavy atom. The molecule has 1 amide bonds. The number of anilines is 1. The van der Waals surface area contributed by atoms with Gasteiger partial charge in [0.1, 0.15) is 17.3 Å². The molecule has 0 atom stereocenters. The SMILES string of the molecule is CN(C)C(=O)c1cccc(Oc2nc(Oc3cc(C(=N)N)ccc3O)c(F)c(NC3CCNCC3)c2F)c1.